The summed E-state index contributed by atoms with van der Waals surface area (Å²) in [6.07, 6.45) is 0. The third-order valence-electron chi connectivity index (χ3n) is 4.00. The molecule has 0 amide bonds. The first kappa shape index (κ1) is 14.6. The van der Waals surface area contributed by atoms with Gasteiger partial charge in [0.1, 0.15) is 5.82 Å². The number of fused-ring (bicyclic) bond motifs is 1. The normalized spacial score (nSPS) is 16.0. The van der Waals surface area contributed by atoms with Gasteiger partial charge >= 0.3 is 0 Å². The summed E-state index contributed by atoms with van der Waals surface area (Å²) in [6.45, 7) is 3.78. The molecule has 2 aromatic rings. The number of rotatable bonds is 3. The maximum atomic E-state index is 6.12. The SMILES string of the molecule is COc1cc2nc(N3CCN(C)CC3)nc(N)c2cc1OC. The number of methoxy groups -OCH3 is 2. The molecule has 1 aromatic carbocycles. The van der Waals surface area contributed by atoms with Crippen LogP contribution in [0, 0.1) is 0 Å². The highest BCUT2D eigenvalue weighted by atomic mass is 16.5. The van der Waals surface area contributed by atoms with Crippen molar-refractivity contribution in [3.63, 3.8) is 0 Å². The average Bonchev–Trinajstić information content (AvgIpc) is 2.54. The lowest BCUT2D eigenvalue weighted by molar-refractivity contribution is 0.311. The van der Waals surface area contributed by atoms with E-state index in [4.69, 9.17) is 15.2 Å². The molecule has 0 radical (unpaired) electrons. The van der Waals surface area contributed by atoms with Gasteiger partial charge in [0.05, 0.1) is 19.7 Å². The Balaban J connectivity index is 2.03. The molecule has 0 bridgehead atoms. The zero-order chi connectivity index (χ0) is 15.7. The van der Waals surface area contributed by atoms with Crippen LogP contribution in [0.3, 0.4) is 0 Å². The Morgan fingerprint density at radius 1 is 1.00 bits per heavy atom. The maximum Gasteiger partial charge on any atom is 0.227 e. The van der Waals surface area contributed by atoms with E-state index in [1.54, 1.807) is 14.2 Å². The first-order valence-corrected chi connectivity index (χ1v) is 7.25. The molecule has 118 valence electrons. The van der Waals surface area contributed by atoms with Crippen LogP contribution in [0.1, 0.15) is 0 Å². The minimum absolute atomic E-state index is 0.458. The van der Waals surface area contributed by atoms with Crippen molar-refractivity contribution in [2.24, 2.45) is 0 Å². The average molecular weight is 303 g/mol. The lowest BCUT2D eigenvalue weighted by Crippen LogP contribution is -2.45. The van der Waals surface area contributed by atoms with Gasteiger partial charge in [-0.25, -0.2) is 4.98 Å². The van der Waals surface area contributed by atoms with Crippen molar-refractivity contribution in [3.05, 3.63) is 12.1 Å². The van der Waals surface area contributed by atoms with Gasteiger partial charge < -0.3 is 25.0 Å². The molecule has 3 rings (SSSR count). The molecule has 1 aliphatic heterocycles. The number of piperazine rings is 1. The lowest BCUT2D eigenvalue weighted by atomic mass is 10.2. The Morgan fingerprint density at radius 2 is 1.64 bits per heavy atom. The second kappa shape index (κ2) is 5.84. The van der Waals surface area contributed by atoms with Gasteiger partial charge in [-0.2, -0.15) is 4.98 Å². The van der Waals surface area contributed by atoms with Crippen LogP contribution in [0.4, 0.5) is 11.8 Å². The first-order chi connectivity index (χ1) is 10.6. The third kappa shape index (κ3) is 2.59. The molecule has 1 saturated heterocycles. The van der Waals surface area contributed by atoms with Crippen molar-refractivity contribution < 1.29 is 9.47 Å². The molecule has 1 aliphatic rings. The Morgan fingerprint density at radius 3 is 2.27 bits per heavy atom. The highest BCUT2D eigenvalue weighted by molar-refractivity contribution is 5.91. The number of benzene rings is 1. The van der Waals surface area contributed by atoms with Crippen LogP contribution in [0.25, 0.3) is 10.9 Å². The largest absolute Gasteiger partial charge is 0.493 e. The molecule has 22 heavy (non-hydrogen) atoms. The first-order valence-electron chi connectivity index (χ1n) is 7.25. The highest BCUT2D eigenvalue weighted by Crippen LogP contribution is 2.34. The number of aromatic nitrogens is 2. The number of hydrogen-bond donors (Lipinski definition) is 1. The second-order valence-corrected chi connectivity index (χ2v) is 5.42. The molecule has 7 nitrogen and oxygen atoms in total. The van der Waals surface area contributed by atoms with Gasteiger partial charge in [0.25, 0.3) is 0 Å². The van der Waals surface area contributed by atoms with E-state index in [1.807, 2.05) is 12.1 Å². The molecule has 7 heteroatoms. The molecule has 2 heterocycles. The summed E-state index contributed by atoms with van der Waals surface area (Å²) in [7, 11) is 5.32. The summed E-state index contributed by atoms with van der Waals surface area (Å²) >= 11 is 0. The smallest absolute Gasteiger partial charge is 0.227 e. The summed E-state index contributed by atoms with van der Waals surface area (Å²) in [5.41, 5.74) is 6.88. The van der Waals surface area contributed by atoms with Gasteiger partial charge in [-0.05, 0) is 13.1 Å². The van der Waals surface area contributed by atoms with E-state index in [1.165, 1.54) is 0 Å². The standard InChI is InChI=1S/C15H21N5O2/c1-19-4-6-20(7-5-19)15-17-11-9-13(22-3)12(21-2)8-10(11)14(16)18-15/h8-9H,4-7H2,1-3H3,(H2,16,17,18). The van der Waals surface area contributed by atoms with Crippen LogP contribution < -0.4 is 20.1 Å². The van der Waals surface area contributed by atoms with E-state index in [0.717, 1.165) is 37.1 Å². The van der Waals surface area contributed by atoms with E-state index < -0.39 is 0 Å². The summed E-state index contributed by atoms with van der Waals surface area (Å²) in [5.74, 6) is 2.39. The fraction of sp³-hybridized carbons (Fsp3) is 0.467. The predicted molar refractivity (Wildman–Crippen MR) is 86.8 cm³/mol. The minimum Gasteiger partial charge on any atom is -0.493 e. The van der Waals surface area contributed by atoms with Gasteiger partial charge in [0.2, 0.25) is 5.95 Å². The predicted octanol–water partition coefficient (Wildman–Crippen LogP) is 0.981. The topological polar surface area (TPSA) is 76.7 Å². The summed E-state index contributed by atoms with van der Waals surface area (Å²) in [4.78, 5) is 13.6. The molecule has 0 atom stereocenters. The Labute approximate surface area is 129 Å². The fourth-order valence-corrected chi connectivity index (χ4v) is 2.61. The van der Waals surface area contributed by atoms with E-state index >= 15 is 0 Å². The quantitative estimate of drug-likeness (QED) is 0.905. The fourth-order valence-electron chi connectivity index (χ4n) is 2.61. The van der Waals surface area contributed by atoms with Gasteiger partial charge in [0.15, 0.2) is 11.5 Å². The lowest BCUT2D eigenvalue weighted by Gasteiger charge is -2.32. The molecule has 0 saturated carbocycles. The van der Waals surface area contributed by atoms with Crippen molar-refractivity contribution in [3.8, 4) is 11.5 Å². The van der Waals surface area contributed by atoms with Crippen molar-refractivity contribution in [2.75, 3.05) is 58.1 Å². The number of hydrogen-bond acceptors (Lipinski definition) is 7. The number of nitrogens with zero attached hydrogens (tertiary/aromatic N) is 4. The zero-order valence-electron chi connectivity index (χ0n) is 13.2. The van der Waals surface area contributed by atoms with Crippen molar-refractivity contribution in [1.82, 2.24) is 14.9 Å². The van der Waals surface area contributed by atoms with Crippen LogP contribution in [0.15, 0.2) is 12.1 Å². The zero-order valence-corrected chi connectivity index (χ0v) is 13.2. The van der Waals surface area contributed by atoms with E-state index in [9.17, 15) is 0 Å². The molecule has 0 unspecified atom stereocenters. The molecule has 0 spiro atoms. The minimum atomic E-state index is 0.458. The van der Waals surface area contributed by atoms with Crippen LogP contribution in [0.5, 0.6) is 11.5 Å². The molecular formula is C15H21N5O2. The number of ether oxygens (including phenoxy) is 2. The highest BCUT2D eigenvalue weighted by Gasteiger charge is 2.19. The van der Waals surface area contributed by atoms with E-state index in [0.29, 0.717) is 23.3 Å². The van der Waals surface area contributed by atoms with Crippen molar-refractivity contribution in [2.45, 2.75) is 0 Å². The molecule has 1 fully saturated rings. The van der Waals surface area contributed by atoms with Crippen LogP contribution in [-0.4, -0.2) is 62.3 Å². The van der Waals surface area contributed by atoms with Crippen molar-refractivity contribution >= 4 is 22.7 Å². The molecule has 2 N–H and O–H groups in total. The maximum absolute atomic E-state index is 6.12. The summed E-state index contributed by atoms with van der Waals surface area (Å²) in [5, 5.41) is 0.774. The van der Waals surface area contributed by atoms with Gasteiger partial charge in [-0.15, -0.1) is 0 Å². The van der Waals surface area contributed by atoms with Gasteiger partial charge in [-0.1, -0.05) is 0 Å². The number of likely N-dealkylation sites (N-methyl/N-ethyl adjacent to an activating group) is 1. The summed E-state index contributed by atoms with van der Waals surface area (Å²) in [6, 6.07) is 3.66. The molecule has 1 aromatic heterocycles. The van der Waals surface area contributed by atoms with Gasteiger partial charge in [0, 0.05) is 37.6 Å². The Bertz CT molecular complexity index is 683. The Hall–Kier alpha value is -2.28. The monoisotopic (exact) mass is 303 g/mol. The van der Waals surface area contributed by atoms with E-state index in [2.05, 4.69) is 26.8 Å². The second-order valence-electron chi connectivity index (χ2n) is 5.42. The molecular weight excluding hydrogens is 282 g/mol. The number of nitrogen functional groups attached to an aromatic ring is 1. The Kier molecular flexibility index (Phi) is 3.89. The van der Waals surface area contributed by atoms with E-state index in [-0.39, 0.29) is 0 Å². The number of nitrogens with two attached hydrogens (primary N) is 1. The van der Waals surface area contributed by atoms with Crippen LogP contribution in [-0.2, 0) is 0 Å². The van der Waals surface area contributed by atoms with Crippen LogP contribution in [0.2, 0.25) is 0 Å². The van der Waals surface area contributed by atoms with Crippen LogP contribution >= 0.6 is 0 Å². The molecule has 0 aliphatic carbocycles. The number of anilines is 2. The van der Waals surface area contributed by atoms with Crippen molar-refractivity contribution in [1.29, 1.82) is 0 Å². The van der Waals surface area contributed by atoms with Gasteiger partial charge in [-0.3, -0.25) is 0 Å². The summed E-state index contributed by atoms with van der Waals surface area (Å²) < 4.78 is 10.6. The third-order valence-corrected chi connectivity index (χ3v) is 4.00.